The van der Waals surface area contributed by atoms with Crippen molar-refractivity contribution in [2.45, 2.75) is 39.8 Å². The van der Waals surface area contributed by atoms with E-state index >= 15 is 0 Å². The molecule has 0 heterocycles. The summed E-state index contributed by atoms with van der Waals surface area (Å²) in [4.78, 5) is 12.6. The van der Waals surface area contributed by atoms with Crippen LogP contribution < -0.4 is 14.4 Å². The summed E-state index contributed by atoms with van der Waals surface area (Å²) in [6, 6.07) is 15.0. The van der Waals surface area contributed by atoms with E-state index in [9.17, 15) is 13.2 Å². The molecular formula is C21H28N2O4S. The van der Waals surface area contributed by atoms with Gasteiger partial charge in [-0.2, -0.15) is 0 Å². The first-order valence-corrected chi connectivity index (χ1v) is 11.1. The summed E-state index contributed by atoms with van der Waals surface area (Å²) in [5, 5.41) is 2.88. The minimum atomic E-state index is -3.66. The number of carbonyl (C=O) groups is 1. The standard InChI is InChI=1S/C21H28N2O4S/c1-15(2)16(3)22-21(24)17(4)23(28(5,25)26)18-11-13-20(14-12-18)27-19-9-7-6-8-10-19/h6-17H,1-5H3,(H,22,24)/t16-,17+/m0/s1. The molecule has 1 amide bonds. The van der Waals surface area contributed by atoms with Crippen LogP contribution >= 0.6 is 0 Å². The molecule has 152 valence electrons. The number of benzene rings is 2. The molecule has 2 aromatic rings. The number of nitrogens with zero attached hydrogens (tertiary/aromatic N) is 1. The summed E-state index contributed by atoms with van der Waals surface area (Å²) >= 11 is 0. The average molecular weight is 405 g/mol. The molecule has 0 aliphatic heterocycles. The van der Waals surface area contributed by atoms with Crippen LogP contribution in [0.15, 0.2) is 54.6 Å². The van der Waals surface area contributed by atoms with Crippen LogP contribution in [0, 0.1) is 5.92 Å². The summed E-state index contributed by atoms with van der Waals surface area (Å²) in [5.74, 6) is 1.17. The number of sulfonamides is 1. The lowest BCUT2D eigenvalue weighted by atomic mass is 10.1. The van der Waals surface area contributed by atoms with E-state index in [2.05, 4.69) is 5.32 Å². The minimum absolute atomic E-state index is 0.0574. The van der Waals surface area contributed by atoms with E-state index in [1.807, 2.05) is 51.1 Å². The van der Waals surface area contributed by atoms with E-state index in [-0.39, 0.29) is 17.9 Å². The highest BCUT2D eigenvalue weighted by molar-refractivity contribution is 7.92. The number of para-hydroxylation sites is 1. The molecule has 2 aromatic carbocycles. The number of carbonyl (C=O) groups excluding carboxylic acids is 1. The zero-order valence-electron chi connectivity index (χ0n) is 16.9. The molecule has 1 N–H and O–H groups in total. The molecule has 0 saturated heterocycles. The van der Waals surface area contributed by atoms with Gasteiger partial charge in [-0.15, -0.1) is 0 Å². The third kappa shape index (κ3) is 5.73. The van der Waals surface area contributed by atoms with Crippen LogP contribution in [0.25, 0.3) is 0 Å². The predicted molar refractivity (Wildman–Crippen MR) is 112 cm³/mol. The number of nitrogens with one attached hydrogen (secondary N) is 1. The molecule has 6 nitrogen and oxygen atoms in total. The highest BCUT2D eigenvalue weighted by Crippen LogP contribution is 2.27. The Balaban J connectivity index is 2.22. The molecule has 2 atom stereocenters. The van der Waals surface area contributed by atoms with Crippen molar-refractivity contribution in [3.63, 3.8) is 0 Å². The van der Waals surface area contributed by atoms with Crippen LogP contribution in [0.5, 0.6) is 11.5 Å². The van der Waals surface area contributed by atoms with Crippen LogP contribution in [-0.2, 0) is 14.8 Å². The molecule has 0 aromatic heterocycles. The van der Waals surface area contributed by atoms with Gasteiger partial charge in [0.15, 0.2) is 0 Å². The molecule has 0 spiro atoms. The number of ether oxygens (including phenoxy) is 1. The fourth-order valence-electron chi connectivity index (χ4n) is 2.61. The Morgan fingerprint density at radius 2 is 1.46 bits per heavy atom. The van der Waals surface area contributed by atoms with E-state index in [1.165, 1.54) is 0 Å². The van der Waals surface area contributed by atoms with E-state index in [1.54, 1.807) is 31.2 Å². The SMILES string of the molecule is CC(C)[C@H](C)NC(=O)[C@@H](C)N(c1ccc(Oc2ccccc2)cc1)S(C)(=O)=O. The van der Waals surface area contributed by atoms with E-state index < -0.39 is 16.1 Å². The molecule has 0 saturated carbocycles. The molecule has 0 bridgehead atoms. The minimum Gasteiger partial charge on any atom is -0.457 e. The lowest BCUT2D eigenvalue weighted by molar-refractivity contribution is -0.122. The van der Waals surface area contributed by atoms with Gasteiger partial charge in [-0.05, 0) is 56.2 Å². The van der Waals surface area contributed by atoms with Gasteiger partial charge in [0.1, 0.15) is 17.5 Å². The van der Waals surface area contributed by atoms with Crippen LogP contribution in [0.4, 0.5) is 5.69 Å². The van der Waals surface area contributed by atoms with Crippen LogP contribution in [-0.4, -0.2) is 32.7 Å². The third-order valence-corrected chi connectivity index (χ3v) is 5.77. The second-order valence-electron chi connectivity index (χ2n) is 7.19. The number of rotatable bonds is 8. The Labute approximate surface area is 167 Å². The highest BCUT2D eigenvalue weighted by Gasteiger charge is 2.30. The normalized spacial score (nSPS) is 13.6. The zero-order chi connectivity index (χ0) is 20.9. The summed E-state index contributed by atoms with van der Waals surface area (Å²) in [6.45, 7) is 7.47. The summed E-state index contributed by atoms with van der Waals surface area (Å²) in [6.07, 6.45) is 1.09. The largest absolute Gasteiger partial charge is 0.457 e. The van der Waals surface area contributed by atoms with Crippen molar-refractivity contribution in [3.05, 3.63) is 54.6 Å². The summed E-state index contributed by atoms with van der Waals surface area (Å²) < 4.78 is 31.6. The van der Waals surface area contributed by atoms with Gasteiger partial charge in [-0.3, -0.25) is 9.10 Å². The highest BCUT2D eigenvalue weighted by atomic mass is 32.2. The van der Waals surface area contributed by atoms with Gasteiger partial charge in [0.2, 0.25) is 15.9 Å². The smallest absolute Gasteiger partial charge is 0.243 e. The fraction of sp³-hybridized carbons (Fsp3) is 0.381. The maximum atomic E-state index is 12.6. The van der Waals surface area contributed by atoms with Gasteiger partial charge in [0.25, 0.3) is 0 Å². The number of hydrogen-bond acceptors (Lipinski definition) is 4. The lowest BCUT2D eigenvalue weighted by Crippen LogP contribution is -2.50. The molecule has 0 unspecified atom stereocenters. The first kappa shape index (κ1) is 21.8. The molecular weight excluding hydrogens is 376 g/mol. The van der Waals surface area contributed by atoms with Gasteiger partial charge < -0.3 is 10.1 Å². The predicted octanol–water partition coefficient (Wildman–Crippen LogP) is 3.79. The fourth-order valence-corrected chi connectivity index (χ4v) is 3.78. The van der Waals surface area contributed by atoms with Crippen molar-refractivity contribution in [1.29, 1.82) is 0 Å². The van der Waals surface area contributed by atoms with E-state index in [4.69, 9.17) is 4.74 Å². The molecule has 28 heavy (non-hydrogen) atoms. The topological polar surface area (TPSA) is 75.7 Å². The van der Waals surface area contributed by atoms with Crippen molar-refractivity contribution in [2.75, 3.05) is 10.6 Å². The summed E-state index contributed by atoms with van der Waals surface area (Å²) in [5.41, 5.74) is 0.405. The quantitative estimate of drug-likeness (QED) is 0.726. The monoisotopic (exact) mass is 404 g/mol. The molecule has 7 heteroatoms. The van der Waals surface area contributed by atoms with E-state index in [0.29, 0.717) is 17.2 Å². The van der Waals surface area contributed by atoms with E-state index in [0.717, 1.165) is 10.6 Å². The molecule has 0 aliphatic carbocycles. The Hall–Kier alpha value is -2.54. The molecule has 2 rings (SSSR count). The van der Waals surface area contributed by atoms with Gasteiger partial charge in [-0.1, -0.05) is 32.0 Å². The Bertz CT molecular complexity index is 880. The van der Waals surface area contributed by atoms with Crippen molar-refractivity contribution >= 4 is 21.6 Å². The number of amides is 1. The second kappa shape index (κ2) is 9.10. The summed E-state index contributed by atoms with van der Waals surface area (Å²) in [7, 11) is -3.66. The molecule has 0 fully saturated rings. The molecule has 0 radical (unpaired) electrons. The van der Waals surface area contributed by atoms with Gasteiger partial charge in [0.05, 0.1) is 11.9 Å². The van der Waals surface area contributed by atoms with Crippen molar-refractivity contribution in [3.8, 4) is 11.5 Å². The molecule has 0 aliphatic rings. The average Bonchev–Trinajstić information content (AvgIpc) is 2.62. The Kier molecular flexibility index (Phi) is 7.07. The van der Waals surface area contributed by atoms with Crippen LogP contribution in [0.1, 0.15) is 27.7 Å². The Morgan fingerprint density at radius 1 is 0.929 bits per heavy atom. The Morgan fingerprint density at radius 3 is 1.96 bits per heavy atom. The van der Waals surface area contributed by atoms with Crippen LogP contribution in [0.2, 0.25) is 0 Å². The van der Waals surface area contributed by atoms with Gasteiger partial charge in [0, 0.05) is 6.04 Å². The maximum absolute atomic E-state index is 12.6. The lowest BCUT2D eigenvalue weighted by Gasteiger charge is -2.30. The zero-order valence-corrected chi connectivity index (χ0v) is 17.7. The van der Waals surface area contributed by atoms with Crippen molar-refractivity contribution in [1.82, 2.24) is 5.32 Å². The van der Waals surface area contributed by atoms with Crippen molar-refractivity contribution in [2.24, 2.45) is 5.92 Å². The van der Waals surface area contributed by atoms with Crippen LogP contribution in [0.3, 0.4) is 0 Å². The van der Waals surface area contributed by atoms with Gasteiger partial charge >= 0.3 is 0 Å². The first-order valence-electron chi connectivity index (χ1n) is 9.22. The third-order valence-electron chi connectivity index (χ3n) is 4.53. The first-order chi connectivity index (χ1) is 13.1. The van der Waals surface area contributed by atoms with Gasteiger partial charge in [-0.25, -0.2) is 8.42 Å². The van der Waals surface area contributed by atoms with Crippen molar-refractivity contribution < 1.29 is 17.9 Å². The second-order valence-corrected chi connectivity index (χ2v) is 9.04. The number of hydrogen-bond donors (Lipinski definition) is 1. The number of anilines is 1. The maximum Gasteiger partial charge on any atom is 0.243 e.